The molecule has 0 radical (unpaired) electrons. The Bertz CT molecular complexity index is 363. The Morgan fingerprint density at radius 2 is 2.07 bits per heavy atom. The summed E-state index contributed by atoms with van der Waals surface area (Å²) in [4.78, 5) is 15.9. The number of hydrogen-bond acceptors (Lipinski definition) is 3. The van der Waals surface area contributed by atoms with E-state index in [0.717, 1.165) is 17.8 Å². The van der Waals surface area contributed by atoms with Crippen molar-refractivity contribution in [2.24, 2.45) is 0 Å². The zero-order valence-electron chi connectivity index (χ0n) is 9.63. The van der Waals surface area contributed by atoms with E-state index in [2.05, 4.69) is 11.9 Å². The van der Waals surface area contributed by atoms with Crippen LogP contribution >= 0.6 is 11.3 Å². The van der Waals surface area contributed by atoms with E-state index in [9.17, 15) is 4.79 Å². The van der Waals surface area contributed by atoms with E-state index >= 15 is 0 Å². The first-order chi connectivity index (χ1) is 6.86. The van der Waals surface area contributed by atoms with Gasteiger partial charge in [-0.05, 0) is 12.8 Å². The Balaban J connectivity index is 3.18. The smallest absolute Gasteiger partial charge is 0.347 e. The lowest BCUT2D eigenvalue weighted by Gasteiger charge is -2.15. The van der Waals surface area contributed by atoms with E-state index in [0.29, 0.717) is 10.6 Å². The molecule has 0 aliphatic rings. The number of nitrogens with zero attached hydrogens (tertiary/aromatic N) is 1. The van der Waals surface area contributed by atoms with E-state index < -0.39 is 5.97 Å². The molecule has 0 bridgehead atoms. The highest BCUT2D eigenvalue weighted by atomic mass is 32.1. The molecule has 84 valence electrons. The number of aryl methyl sites for hydroxylation is 1. The third-order valence-electron chi connectivity index (χ3n) is 2.04. The van der Waals surface area contributed by atoms with Gasteiger partial charge >= 0.3 is 5.97 Å². The van der Waals surface area contributed by atoms with Crippen LogP contribution in [0, 0.1) is 0 Å². The molecule has 0 saturated carbocycles. The molecule has 0 atom stereocenters. The number of hydrogen-bond donors (Lipinski definition) is 1. The molecule has 0 aromatic carbocycles. The van der Waals surface area contributed by atoms with Crippen LogP contribution < -0.4 is 0 Å². The minimum atomic E-state index is -0.861. The van der Waals surface area contributed by atoms with Gasteiger partial charge in [-0.1, -0.05) is 27.7 Å². The standard InChI is InChI=1S/C11H17NO2S/c1-5-6-7-12-9(11(2,3)4)8(15-7)10(13)14/h5-6H2,1-4H3,(H,13,14). The van der Waals surface area contributed by atoms with Crippen LogP contribution in [0.1, 0.15) is 54.5 Å². The molecular formula is C11H17NO2S. The molecule has 1 N–H and O–H groups in total. The van der Waals surface area contributed by atoms with Crippen LogP contribution in [0.25, 0.3) is 0 Å². The summed E-state index contributed by atoms with van der Waals surface area (Å²) in [5.41, 5.74) is 0.513. The molecule has 4 heteroatoms. The maximum Gasteiger partial charge on any atom is 0.347 e. The van der Waals surface area contributed by atoms with Gasteiger partial charge in [-0.25, -0.2) is 9.78 Å². The topological polar surface area (TPSA) is 50.2 Å². The molecule has 1 heterocycles. The molecule has 0 aliphatic carbocycles. The molecule has 0 amide bonds. The van der Waals surface area contributed by atoms with Crippen LogP contribution in [0.2, 0.25) is 0 Å². The van der Waals surface area contributed by atoms with Crippen LogP contribution in [0.15, 0.2) is 0 Å². The molecule has 3 nitrogen and oxygen atoms in total. The van der Waals surface area contributed by atoms with Gasteiger partial charge < -0.3 is 5.11 Å². The van der Waals surface area contributed by atoms with Crippen molar-refractivity contribution in [1.29, 1.82) is 0 Å². The van der Waals surface area contributed by atoms with Crippen molar-refractivity contribution in [3.63, 3.8) is 0 Å². The Labute approximate surface area is 94.2 Å². The fraction of sp³-hybridized carbons (Fsp3) is 0.636. The van der Waals surface area contributed by atoms with Crippen LogP contribution in [-0.4, -0.2) is 16.1 Å². The van der Waals surface area contributed by atoms with Crippen LogP contribution in [0.3, 0.4) is 0 Å². The zero-order chi connectivity index (χ0) is 11.6. The van der Waals surface area contributed by atoms with E-state index in [1.165, 1.54) is 11.3 Å². The average molecular weight is 227 g/mol. The number of carbonyl (C=O) groups is 1. The second-order valence-corrected chi connectivity index (χ2v) is 5.67. The fourth-order valence-electron chi connectivity index (χ4n) is 1.34. The summed E-state index contributed by atoms with van der Waals surface area (Å²) in [6, 6.07) is 0. The van der Waals surface area contributed by atoms with Crippen molar-refractivity contribution in [1.82, 2.24) is 4.98 Å². The second kappa shape index (κ2) is 4.31. The highest BCUT2D eigenvalue weighted by Crippen LogP contribution is 2.30. The molecule has 15 heavy (non-hydrogen) atoms. The van der Waals surface area contributed by atoms with Crippen molar-refractivity contribution in [2.75, 3.05) is 0 Å². The first kappa shape index (κ1) is 12.2. The quantitative estimate of drug-likeness (QED) is 0.863. The van der Waals surface area contributed by atoms with E-state index in [4.69, 9.17) is 5.11 Å². The minimum absolute atomic E-state index is 0.198. The van der Waals surface area contributed by atoms with Crippen LogP contribution in [0.4, 0.5) is 0 Å². The Kier molecular flexibility index (Phi) is 3.50. The fourth-order valence-corrected chi connectivity index (χ4v) is 2.55. The summed E-state index contributed by atoms with van der Waals surface area (Å²) < 4.78 is 0. The third kappa shape index (κ3) is 2.78. The van der Waals surface area contributed by atoms with Crippen molar-refractivity contribution >= 4 is 17.3 Å². The molecule has 0 spiro atoms. The molecule has 0 fully saturated rings. The first-order valence-electron chi connectivity index (χ1n) is 5.09. The first-order valence-corrected chi connectivity index (χ1v) is 5.91. The van der Waals surface area contributed by atoms with Gasteiger partial charge in [-0.2, -0.15) is 0 Å². The molecule has 0 aliphatic heterocycles. The lowest BCUT2D eigenvalue weighted by molar-refractivity contribution is 0.0699. The predicted octanol–water partition coefficient (Wildman–Crippen LogP) is 3.09. The van der Waals surface area contributed by atoms with Crippen molar-refractivity contribution in [2.45, 2.75) is 46.0 Å². The average Bonchev–Trinajstić information content (AvgIpc) is 2.48. The number of aromatic nitrogens is 1. The van der Waals surface area contributed by atoms with Crippen molar-refractivity contribution in [3.05, 3.63) is 15.6 Å². The molecule has 0 unspecified atom stereocenters. The molecule has 0 saturated heterocycles. The van der Waals surface area contributed by atoms with E-state index in [-0.39, 0.29) is 5.41 Å². The molecule has 1 aromatic heterocycles. The maximum atomic E-state index is 11.1. The summed E-state index contributed by atoms with van der Waals surface area (Å²) in [5, 5.41) is 10.0. The molecule has 1 rings (SSSR count). The summed E-state index contributed by atoms with van der Waals surface area (Å²) >= 11 is 1.31. The van der Waals surface area contributed by atoms with Crippen molar-refractivity contribution < 1.29 is 9.90 Å². The predicted molar refractivity (Wildman–Crippen MR) is 61.8 cm³/mol. The lowest BCUT2D eigenvalue weighted by Crippen LogP contribution is -2.16. The normalized spacial score (nSPS) is 11.7. The van der Waals surface area contributed by atoms with Gasteiger partial charge in [0.2, 0.25) is 0 Å². The third-order valence-corrected chi connectivity index (χ3v) is 3.14. The summed E-state index contributed by atoms with van der Waals surface area (Å²) in [6.07, 6.45) is 1.86. The largest absolute Gasteiger partial charge is 0.477 e. The highest BCUT2D eigenvalue weighted by molar-refractivity contribution is 7.13. The summed E-state index contributed by atoms with van der Waals surface area (Å²) in [7, 11) is 0. The monoisotopic (exact) mass is 227 g/mol. The summed E-state index contributed by atoms with van der Waals surface area (Å²) in [5.74, 6) is -0.861. The van der Waals surface area contributed by atoms with Gasteiger partial charge in [-0.15, -0.1) is 11.3 Å². The SMILES string of the molecule is CCCc1nc(C(C)(C)C)c(C(=O)O)s1. The Morgan fingerprint density at radius 3 is 2.40 bits per heavy atom. The van der Waals surface area contributed by atoms with Gasteiger partial charge in [0.05, 0.1) is 10.7 Å². The highest BCUT2D eigenvalue weighted by Gasteiger charge is 2.26. The Morgan fingerprint density at radius 1 is 1.47 bits per heavy atom. The number of aromatic carboxylic acids is 1. The second-order valence-electron chi connectivity index (χ2n) is 4.59. The summed E-state index contributed by atoms with van der Waals surface area (Å²) in [6.45, 7) is 8.04. The van der Waals surface area contributed by atoms with Crippen LogP contribution in [-0.2, 0) is 11.8 Å². The number of carboxylic acids is 1. The van der Waals surface area contributed by atoms with Gasteiger partial charge in [0, 0.05) is 5.41 Å². The minimum Gasteiger partial charge on any atom is -0.477 e. The number of thiazole rings is 1. The van der Waals surface area contributed by atoms with Gasteiger partial charge in [-0.3, -0.25) is 0 Å². The molecular weight excluding hydrogens is 210 g/mol. The number of rotatable bonds is 3. The zero-order valence-corrected chi connectivity index (χ0v) is 10.4. The number of carboxylic acid groups (broad SMARTS) is 1. The maximum absolute atomic E-state index is 11.1. The Hall–Kier alpha value is -0.900. The molecule has 1 aromatic rings. The van der Waals surface area contributed by atoms with Crippen LogP contribution in [0.5, 0.6) is 0 Å². The lowest BCUT2D eigenvalue weighted by atomic mass is 9.91. The van der Waals surface area contributed by atoms with E-state index in [1.54, 1.807) is 0 Å². The van der Waals surface area contributed by atoms with Crippen molar-refractivity contribution in [3.8, 4) is 0 Å². The van der Waals surface area contributed by atoms with Gasteiger partial charge in [0.1, 0.15) is 4.88 Å². The van der Waals surface area contributed by atoms with Gasteiger partial charge in [0.25, 0.3) is 0 Å². The van der Waals surface area contributed by atoms with Gasteiger partial charge in [0.15, 0.2) is 0 Å². The van der Waals surface area contributed by atoms with E-state index in [1.807, 2.05) is 20.8 Å².